The predicted molar refractivity (Wildman–Crippen MR) is 98.2 cm³/mol. The fraction of sp³-hybridized carbons (Fsp3) is 0.526. The summed E-state index contributed by atoms with van der Waals surface area (Å²) in [5.41, 5.74) is 0.787. The Morgan fingerprint density at radius 1 is 1.31 bits per heavy atom. The van der Waals surface area contributed by atoms with E-state index in [-0.39, 0.29) is 11.6 Å². The van der Waals surface area contributed by atoms with Crippen LogP contribution < -0.4 is 11.0 Å². The number of hydrogen-bond donors (Lipinski definition) is 1. The molecule has 0 aliphatic carbocycles. The first-order valence-electron chi connectivity index (χ1n) is 9.17. The molecule has 1 atom stereocenters. The molecule has 1 aromatic heterocycles. The zero-order chi connectivity index (χ0) is 18.5. The van der Waals surface area contributed by atoms with Gasteiger partial charge in [0.15, 0.2) is 6.04 Å². The summed E-state index contributed by atoms with van der Waals surface area (Å²) in [7, 11) is 1.34. The number of nitrogens with zero attached hydrogens (tertiary/aromatic N) is 3. The van der Waals surface area contributed by atoms with Crippen LogP contribution in [0.1, 0.15) is 49.5 Å². The van der Waals surface area contributed by atoms with Crippen molar-refractivity contribution in [3.8, 4) is 0 Å². The Morgan fingerprint density at radius 3 is 2.62 bits per heavy atom. The lowest BCUT2D eigenvalue weighted by atomic mass is 9.97. The van der Waals surface area contributed by atoms with E-state index >= 15 is 0 Å². The molecule has 1 N–H and O–H groups in total. The predicted octanol–water partition coefficient (Wildman–Crippen LogP) is 1.68. The minimum absolute atomic E-state index is 0.212. The first-order valence-corrected chi connectivity index (χ1v) is 9.17. The Morgan fingerprint density at radius 2 is 2.00 bits per heavy atom. The second kappa shape index (κ2) is 8.31. The van der Waals surface area contributed by atoms with Crippen LogP contribution in [0.4, 0.5) is 0 Å². The second-order valence-electron chi connectivity index (χ2n) is 6.63. The maximum Gasteiger partial charge on any atom is 0.347 e. The van der Waals surface area contributed by atoms with Crippen LogP contribution in [0.2, 0.25) is 0 Å². The van der Waals surface area contributed by atoms with Gasteiger partial charge in [0.25, 0.3) is 0 Å². The van der Waals surface area contributed by atoms with Crippen LogP contribution >= 0.6 is 0 Å². The van der Waals surface area contributed by atoms with Gasteiger partial charge in [-0.05, 0) is 37.9 Å². The Labute approximate surface area is 153 Å². The molecule has 0 radical (unpaired) electrons. The number of nitrogens with one attached hydrogen (secondary N) is 1. The minimum Gasteiger partial charge on any atom is -0.467 e. The highest BCUT2D eigenvalue weighted by Gasteiger charge is 2.29. The average molecular weight is 358 g/mol. The summed E-state index contributed by atoms with van der Waals surface area (Å²) in [5, 5.41) is 7.95. The van der Waals surface area contributed by atoms with Crippen molar-refractivity contribution in [1.82, 2.24) is 19.7 Å². The molecule has 3 rings (SSSR count). The van der Waals surface area contributed by atoms with Gasteiger partial charge in [-0.3, -0.25) is 4.57 Å². The molecule has 0 amide bonds. The summed E-state index contributed by atoms with van der Waals surface area (Å²) >= 11 is 0. The van der Waals surface area contributed by atoms with Gasteiger partial charge in [0, 0.05) is 5.92 Å². The molecule has 1 fully saturated rings. The van der Waals surface area contributed by atoms with Crippen LogP contribution in [0.3, 0.4) is 0 Å². The summed E-state index contributed by atoms with van der Waals surface area (Å²) in [6.07, 6.45) is 2.32. The highest BCUT2D eigenvalue weighted by Crippen LogP contribution is 2.24. The fourth-order valence-electron chi connectivity index (χ4n) is 3.50. The van der Waals surface area contributed by atoms with E-state index in [4.69, 9.17) is 4.74 Å². The summed E-state index contributed by atoms with van der Waals surface area (Å²) in [6, 6.07) is 9.16. The highest BCUT2D eigenvalue weighted by atomic mass is 16.5. The quantitative estimate of drug-likeness (QED) is 0.795. The van der Waals surface area contributed by atoms with Crippen molar-refractivity contribution < 1.29 is 9.53 Å². The van der Waals surface area contributed by atoms with Crippen LogP contribution in [0.25, 0.3) is 0 Å². The van der Waals surface area contributed by atoms with Crippen molar-refractivity contribution >= 4 is 5.97 Å². The zero-order valence-corrected chi connectivity index (χ0v) is 15.4. The van der Waals surface area contributed by atoms with E-state index in [2.05, 4.69) is 10.4 Å². The number of ether oxygens (including phenoxy) is 1. The average Bonchev–Trinajstić information content (AvgIpc) is 3.00. The minimum atomic E-state index is -0.690. The van der Waals surface area contributed by atoms with E-state index in [1.165, 1.54) is 11.8 Å². The van der Waals surface area contributed by atoms with Gasteiger partial charge in [-0.25, -0.2) is 9.59 Å². The molecule has 1 saturated heterocycles. The molecular weight excluding hydrogens is 332 g/mol. The Bertz CT molecular complexity index is 791. The van der Waals surface area contributed by atoms with Gasteiger partial charge >= 0.3 is 11.7 Å². The molecule has 1 aliphatic heterocycles. The smallest absolute Gasteiger partial charge is 0.347 e. The second-order valence-corrected chi connectivity index (χ2v) is 6.63. The molecule has 7 heteroatoms. The number of benzene rings is 1. The molecule has 1 aromatic carbocycles. The van der Waals surface area contributed by atoms with Crippen molar-refractivity contribution in [2.45, 2.75) is 44.7 Å². The molecule has 26 heavy (non-hydrogen) atoms. The van der Waals surface area contributed by atoms with Crippen LogP contribution in [0.5, 0.6) is 0 Å². The van der Waals surface area contributed by atoms with Crippen LogP contribution in [0, 0.1) is 0 Å². The molecule has 1 aliphatic rings. The maximum absolute atomic E-state index is 13.1. The first kappa shape index (κ1) is 18.4. The van der Waals surface area contributed by atoms with Gasteiger partial charge in [0.2, 0.25) is 0 Å². The summed E-state index contributed by atoms with van der Waals surface area (Å²) < 4.78 is 7.90. The summed E-state index contributed by atoms with van der Waals surface area (Å²) in [6.45, 7) is 4.13. The van der Waals surface area contributed by atoms with Crippen molar-refractivity contribution in [3.63, 3.8) is 0 Å². The van der Waals surface area contributed by atoms with Crippen molar-refractivity contribution in [2.24, 2.45) is 0 Å². The number of carbonyl (C=O) groups is 1. The van der Waals surface area contributed by atoms with Gasteiger partial charge in [-0.15, -0.1) is 0 Å². The number of rotatable bonds is 6. The van der Waals surface area contributed by atoms with Crippen LogP contribution in [-0.2, 0) is 16.1 Å². The van der Waals surface area contributed by atoms with Gasteiger partial charge < -0.3 is 10.1 Å². The van der Waals surface area contributed by atoms with E-state index in [0.29, 0.717) is 13.0 Å². The molecule has 7 nitrogen and oxygen atoms in total. The number of carbonyl (C=O) groups excluding carboxylic acids is 1. The van der Waals surface area contributed by atoms with E-state index in [1.807, 2.05) is 37.3 Å². The standard InChI is InChI=1S/C19H26N4O3/c1-3-16(18(24)26-2)23-19(25)22(13-14-7-5-4-6-8-14)17(21-23)15-9-11-20-12-10-15/h4-8,15-16,20H,3,9-13H2,1-2H3/t16-/m1/s1. The SMILES string of the molecule is CC[C@H](C(=O)OC)n1nc(C2CCNCC2)n(Cc2ccccc2)c1=O. The van der Waals surface area contributed by atoms with Crippen LogP contribution in [0.15, 0.2) is 35.1 Å². The number of esters is 1. The van der Waals surface area contributed by atoms with Gasteiger partial charge in [0.05, 0.1) is 13.7 Å². The molecule has 0 saturated carbocycles. The lowest BCUT2D eigenvalue weighted by molar-refractivity contribution is -0.145. The molecule has 2 heterocycles. The van der Waals surface area contributed by atoms with Crippen molar-refractivity contribution in [2.75, 3.05) is 20.2 Å². The third kappa shape index (κ3) is 3.72. The number of aromatic nitrogens is 3. The summed E-state index contributed by atoms with van der Waals surface area (Å²) in [5.74, 6) is 0.544. The van der Waals surface area contributed by atoms with Crippen molar-refractivity contribution in [1.29, 1.82) is 0 Å². The molecule has 0 bridgehead atoms. The third-order valence-electron chi connectivity index (χ3n) is 4.96. The molecule has 140 valence electrons. The highest BCUT2D eigenvalue weighted by molar-refractivity contribution is 5.73. The van der Waals surface area contributed by atoms with Gasteiger partial charge in [-0.1, -0.05) is 37.3 Å². The Balaban J connectivity index is 2.04. The number of piperidine rings is 1. The number of hydrogen-bond acceptors (Lipinski definition) is 5. The lowest BCUT2D eigenvalue weighted by Crippen LogP contribution is -2.33. The first-order chi connectivity index (χ1) is 12.7. The van der Waals surface area contributed by atoms with E-state index in [1.54, 1.807) is 4.57 Å². The monoisotopic (exact) mass is 358 g/mol. The molecule has 0 unspecified atom stereocenters. The third-order valence-corrected chi connectivity index (χ3v) is 4.96. The topological polar surface area (TPSA) is 78.2 Å². The Hall–Kier alpha value is -2.41. The lowest BCUT2D eigenvalue weighted by Gasteiger charge is -2.22. The van der Waals surface area contributed by atoms with E-state index in [0.717, 1.165) is 37.3 Å². The van der Waals surface area contributed by atoms with E-state index in [9.17, 15) is 9.59 Å². The normalized spacial score (nSPS) is 16.4. The Kier molecular flexibility index (Phi) is 5.88. The van der Waals surface area contributed by atoms with Gasteiger partial charge in [-0.2, -0.15) is 9.78 Å². The molecule has 0 spiro atoms. The molecule has 2 aromatic rings. The van der Waals surface area contributed by atoms with Crippen molar-refractivity contribution in [3.05, 3.63) is 52.2 Å². The molecular formula is C19H26N4O3. The largest absolute Gasteiger partial charge is 0.467 e. The fourth-order valence-corrected chi connectivity index (χ4v) is 3.50. The van der Waals surface area contributed by atoms with Gasteiger partial charge in [0.1, 0.15) is 5.82 Å². The van der Waals surface area contributed by atoms with Crippen LogP contribution in [-0.4, -0.2) is 40.5 Å². The zero-order valence-electron chi connectivity index (χ0n) is 15.4. The number of methoxy groups -OCH3 is 1. The summed E-state index contributed by atoms with van der Waals surface area (Å²) in [4.78, 5) is 25.2. The maximum atomic E-state index is 13.1. The van der Waals surface area contributed by atoms with E-state index < -0.39 is 12.0 Å².